The van der Waals surface area contributed by atoms with Gasteiger partial charge in [0.2, 0.25) is 0 Å². The first-order valence-corrected chi connectivity index (χ1v) is 11.9. The van der Waals surface area contributed by atoms with E-state index in [0.29, 0.717) is 33.0 Å². The average Bonchev–Trinajstić information content (AvgIpc) is 3.67. The molecule has 204 valence electrons. The first-order valence-electron chi connectivity index (χ1n) is 11.6. The first kappa shape index (κ1) is 26.6. The Morgan fingerprint density at radius 1 is 0.737 bits per heavy atom. The van der Waals surface area contributed by atoms with Gasteiger partial charge >= 0.3 is 0 Å². The van der Waals surface area contributed by atoms with Crippen LogP contribution in [0.5, 0.6) is 0 Å². The van der Waals surface area contributed by atoms with E-state index in [1.54, 1.807) is 33.7 Å². The molecule has 6 heterocycles. The molecule has 2 fully saturated rings. The average molecular weight is 552 g/mol. The molecule has 2 aliphatic heterocycles. The van der Waals surface area contributed by atoms with Crippen LogP contribution in [-0.2, 0) is 9.47 Å². The van der Waals surface area contributed by atoms with Gasteiger partial charge in [-0.25, -0.2) is 19.9 Å². The predicted molar refractivity (Wildman–Crippen MR) is 130 cm³/mol. The number of anilines is 1. The van der Waals surface area contributed by atoms with Crippen molar-refractivity contribution >= 4 is 39.5 Å². The van der Waals surface area contributed by atoms with Gasteiger partial charge in [0, 0.05) is 12.4 Å². The molecule has 0 saturated carbocycles. The zero-order valence-corrected chi connectivity index (χ0v) is 20.4. The fourth-order valence-electron chi connectivity index (χ4n) is 4.56. The summed E-state index contributed by atoms with van der Waals surface area (Å²) in [4.78, 5) is 15.9. The van der Waals surface area contributed by atoms with Gasteiger partial charge in [0.1, 0.15) is 71.5 Å². The van der Waals surface area contributed by atoms with Gasteiger partial charge in [0.15, 0.2) is 12.5 Å². The maximum absolute atomic E-state index is 9.98. The molecule has 8 atom stereocenters. The maximum Gasteiger partial charge on any atom is 0.164 e. The molecule has 16 heteroatoms. The highest BCUT2D eigenvalue weighted by Gasteiger charge is 2.44. The molecule has 0 radical (unpaired) electrons. The number of nitrogens with two attached hydrogens (primary N) is 1. The van der Waals surface area contributed by atoms with E-state index in [9.17, 15) is 20.4 Å². The quantitative estimate of drug-likeness (QED) is 0.141. The topological polar surface area (TPSA) is 227 Å². The predicted octanol–water partition coefficient (Wildman–Crippen LogP) is -1.68. The fraction of sp³-hybridized carbons (Fsp3) is 0.455. The lowest BCUT2D eigenvalue weighted by Gasteiger charge is -2.17. The van der Waals surface area contributed by atoms with E-state index in [0.717, 1.165) is 0 Å². The SMILES string of the molecule is Nc1ncnc2c1ccn2[C@@H]1O[C@H](CO)[C@@H](O)[C@H]1O.OC[C@H]1O[C@@H](n2ccc3c(Cl)ncnc32)[C@H](O)[C@@H]1O. The van der Waals surface area contributed by atoms with Crippen molar-refractivity contribution in [1.29, 1.82) is 0 Å². The molecule has 38 heavy (non-hydrogen) atoms. The van der Waals surface area contributed by atoms with Crippen LogP contribution in [0.15, 0.2) is 37.2 Å². The van der Waals surface area contributed by atoms with E-state index in [1.165, 1.54) is 12.7 Å². The molecule has 4 aromatic rings. The Morgan fingerprint density at radius 2 is 1.21 bits per heavy atom. The molecule has 0 bridgehead atoms. The molecular formula is C22H26ClN7O8. The first-order chi connectivity index (χ1) is 18.3. The number of nitrogens with zero attached hydrogens (tertiary/aromatic N) is 6. The van der Waals surface area contributed by atoms with Gasteiger partial charge < -0.3 is 55.0 Å². The van der Waals surface area contributed by atoms with Crippen LogP contribution in [0.25, 0.3) is 22.1 Å². The van der Waals surface area contributed by atoms with Crippen LogP contribution >= 0.6 is 11.6 Å². The van der Waals surface area contributed by atoms with Crippen molar-refractivity contribution < 1.29 is 40.1 Å². The minimum Gasteiger partial charge on any atom is -0.394 e. The smallest absolute Gasteiger partial charge is 0.164 e. The molecule has 8 N–H and O–H groups in total. The Labute approximate surface area is 219 Å². The lowest BCUT2D eigenvalue weighted by molar-refractivity contribution is -0.0508. The third-order valence-electron chi connectivity index (χ3n) is 6.58. The lowest BCUT2D eigenvalue weighted by Crippen LogP contribution is -2.33. The van der Waals surface area contributed by atoms with Crippen LogP contribution in [-0.4, -0.2) is 110 Å². The number of fused-ring (bicyclic) bond motifs is 2. The molecule has 2 aliphatic rings. The summed E-state index contributed by atoms with van der Waals surface area (Å²) in [6.45, 7) is -0.741. The summed E-state index contributed by atoms with van der Waals surface area (Å²) >= 11 is 5.94. The minimum absolute atomic E-state index is 0.301. The van der Waals surface area contributed by atoms with Crippen molar-refractivity contribution in [3.8, 4) is 0 Å². The van der Waals surface area contributed by atoms with Crippen LogP contribution in [0.4, 0.5) is 5.82 Å². The molecule has 0 amide bonds. The Balaban J connectivity index is 0.000000155. The highest BCUT2D eigenvalue weighted by atomic mass is 35.5. The van der Waals surface area contributed by atoms with Crippen molar-refractivity contribution in [2.75, 3.05) is 18.9 Å². The fourth-order valence-corrected chi connectivity index (χ4v) is 4.75. The number of aromatic nitrogens is 6. The van der Waals surface area contributed by atoms with Crippen LogP contribution < -0.4 is 5.73 Å². The largest absolute Gasteiger partial charge is 0.394 e. The highest BCUT2D eigenvalue weighted by Crippen LogP contribution is 2.34. The number of aliphatic hydroxyl groups is 6. The van der Waals surface area contributed by atoms with Crippen molar-refractivity contribution in [1.82, 2.24) is 29.1 Å². The Hall–Kier alpha value is -2.99. The van der Waals surface area contributed by atoms with Gasteiger partial charge in [-0.05, 0) is 12.1 Å². The molecule has 2 saturated heterocycles. The standard InChI is InChI=1S/C11H12ClN3O4.C11H14N4O4/c2*12-9-5-1-2-15(10(5)14-4-13-9)11-8(18)7(17)6(3-16)19-11/h1-2,4,6-8,11,16-18H,3H2;1-2,4,6-8,11,16-18H,3H2,(H2,12,13,14)/t2*6-,7-,8-,11-/m11/s1. The zero-order valence-electron chi connectivity index (χ0n) is 19.6. The number of halogens is 1. The van der Waals surface area contributed by atoms with E-state index in [2.05, 4.69) is 19.9 Å². The third-order valence-corrected chi connectivity index (χ3v) is 6.88. The Morgan fingerprint density at radius 3 is 1.71 bits per heavy atom. The summed E-state index contributed by atoms with van der Waals surface area (Å²) in [5, 5.41) is 59.2. The molecular weight excluding hydrogens is 526 g/mol. The minimum atomic E-state index is -1.15. The monoisotopic (exact) mass is 551 g/mol. The van der Waals surface area contributed by atoms with E-state index in [1.807, 2.05) is 0 Å². The number of hydrogen-bond donors (Lipinski definition) is 7. The molecule has 0 unspecified atom stereocenters. The molecule has 0 aromatic carbocycles. The van der Waals surface area contributed by atoms with Crippen molar-refractivity contribution in [2.24, 2.45) is 0 Å². The summed E-state index contributed by atoms with van der Waals surface area (Å²) in [6.07, 6.45) is -1.97. The van der Waals surface area contributed by atoms with E-state index >= 15 is 0 Å². The maximum atomic E-state index is 9.98. The number of hydrogen-bond acceptors (Lipinski definition) is 13. The zero-order chi connectivity index (χ0) is 27.1. The van der Waals surface area contributed by atoms with Crippen LogP contribution in [0.1, 0.15) is 12.5 Å². The number of aliphatic hydroxyl groups excluding tert-OH is 6. The van der Waals surface area contributed by atoms with E-state index < -0.39 is 49.1 Å². The van der Waals surface area contributed by atoms with Crippen LogP contribution in [0, 0.1) is 0 Å². The van der Waals surface area contributed by atoms with Crippen molar-refractivity contribution in [2.45, 2.75) is 49.1 Å². The van der Waals surface area contributed by atoms with E-state index in [-0.39, 0.29) is 13.2 Å². The Kier molecular flexibility index (Phi) is 7.45. The van der Waals surface area contributed by atoms with Gasteiger partial charge in [-0.2, -0.15) is 0 Å². The summed E-state index contributed by atoms with van der Waals surface area (Å²) in [5.74, 6) is 0.329. The molecule has 6 rings (SSSR count). The second-order valence-corrected chi connectivity index (χ2v) is 9.16. The van der Waals surface area contributed by atoms with Gasteiger partial charge in [-0.1, -0.05) is 11.6 Å². The second-order valence-electron chi connectivity index (χ2n) is 8.80. The molecule has 15 nitrogen and oxygen atoms in total. The summed E-state index contributed by atoms with van der Waals surface area (Å²) in [5.41, 5.74) is 6.72. The second kappa shape index (κ2) is 10.6. The van der Waals surface area contributed by atoms with Crippen LogP contribution in [0.2, 0.25) is 5.15 Å². The number of ether oxygens (including phenoxy) is 2. The lowest BCUT2D eigenvalue weighted by atomic mass is 10.1. The van der Waals surface area contributed by atoms with Crippen molar-refractivity contribution in [3.05, 3.63) is 42.3 Å². The summed E-state index contributed by atoms with van der Waals surface area (Å²) in [6, 6.07) is 3.41. The summed E-state index contributed by atoms with van der Waals surface area (Å²) < 4.78 is 14.0. The van der Waals surface area contributed by atoms with Crippen molar-refractivity contribution in [3.63, 3.8) is 0 Å². The van der Waals surface area contributed by atoms with Gasteiger partial charge in [0.25, 0.3) is 0 Å². The van der Waals surface area contributed by atoms with Gasteiger partial charge in [0.05, 0.1) is 24.0 Å². The summed E-state index contributed by atoms with van der Waals surface area (Å²) in [7, 11) is 0. The normalized spacial score (nSPS) is 31.1. The third kappa shape index (κ3) is 4.47. The number of nitrogen functional groups attached to an aromatic ring is 1. The van der Waals surface area contributed by atoms with Gasteiger partial charge in [-0.3, -0.25) is 0 Å². The Bertz CT molecular complexity index is 1310. The van der Waals surface area contributed by atoms with Gasteiger partial charge in [-0.15, -0.1) is 0 Å². The molecule has 0 aliphatic carbocycles. The van der Waals surface area contributed by atoms with E-state index in [4.69, 9.17) is 37.0 Å². The van der Waals surface area contributed by atoms with Crippen LogP contribution in [0.3, 0.4) is 0 Å². The molecule has 0 spiro atoms. The highest BCUT2D eigenvalue weighted by molar-refractivity contribution is 6.33. The molecule has 4 aromatic heterocycles. The number of rotatable bonds is 4.